The first-order chi connectivity index (χ1) is 11.4. The highest BCUT2D eigenvalue weighted by Crippen LogP contribution is 2.32. The number of rotatable bonds is 4. The Balaban J connectivity index is 1.99. The van der Waals surface area contributed by atoms with Crippen molar-refractivity contribution in [3.05, 3.63) is 36.2 Å². The first kappa shape index (κ1) is 15.9. The topological polar surface area (TPSA) is 72.1 Å². The molecule has 0 aliphatic heterocycles. The number of fused-ring (bicyclic) bond motifs is 1. The van der Waals surface area contributed by atoms with Gasteiger partial charge in [-0.05, 0) is 30.3 Å². The van der Waals surface area contributed by atoms with Crippen molar-refractivity contribution in [3.8, 4) is 11.6 Å². The summed E-state index contributed by atoms with van der Waals surface area (Å²) in [5.41, 5.74) is 1.18. The highest BCUT2D eigenvalue weighted by atomic mass is 19.4. The molecule has 1 aromatic carbocycles. The number of alkyl halides is 3. The van der Waals surface area contributed by atoms with Crippen LogP contribution < -0.4 is 14.8 Å². The highest BCUT2D eigenvalue weighted by Gasteiger charge is 2.35. The zero-order valence-corrected chi connectivity index (χ0v) is 12.7. The van der Waals surface area contributed by atoms with E-state index in [1.54, 1.807) is 31.4 Å². The van der Waals surface area contributed by atoms with Gasteiger partial charge >= 0.3 is 6.18 Å². The predicted molar refractivity (Wildman–Crippen MR) is 81.7 cm³/mol. The van der Waals surface area contributed by atoms with E-state index >= 15 is 0 Å². The maximum Gasteiger partial charge on any atom is 0.449 e. The summed E-state index contributed by atoms with van der Waals surface area (Å²) in [6.07, 6.45) is -4.57. The van der Waals surface area contributed by atoms with Crippen LogP contribution in [0.4, 0.5) is 24.5 Å². The summed E-state index contributed by atoms with van der Waals surface area (Å²) in [6.45, 7) is 0. The van der Waals surface area contributed by atoms with Crippen molar-refractivity contribution in [1.82, 2.24) is 15.0 Å². The monoisotopic (exact) mass is 338 g/mol. The number of ether oxygens (including phenoxy) is 2. The SMILES string of the molecule is COc1ccc(Nc2cc3nc(C(F)(F)F)[nH]c3nc2OC)cc1. The van der Waals surface area contributed by atoms with Crippen LogP contribution in [0.5, 0.6) is 11.6 Å². The number of H-pyrrole nitrogens is 1. The van der Waals surface area contributed by atoms with Crippen LogP contribution in [-0.4, -0.2) is 29.2 Å². The van der Waals surface area contributed by atoms with Crippen LogP contribution >= 0.6 is 0 Å². The van der Waals surface area contributed by atoms with Crippen molar-refractivity contribution >= 4 is 22.5 Å². The standard InChI is InChI=1S/C15H13F3N4O2/c1-23-9-5-3-8(4-6-9)19-11-7-10-12(21-13(11)24-2)22-14(20-10)15(16,17)18/h3-7,19H,1-2H3,(H,20,21,22). The second-order valence-corrected chi connectivity index (χ2v) is 4.85. The minimum Gasteiger partial charge on any atom is -0.497 e. The molecule has 0 saturated carbocycles. The molecule has 0 atom stereocenters. The van der Waals surface area contributed by atoms with Crippen molar-refractivity contribution in [2.75, 3.05) is 19.5 Å². The molecule has 24 heavy (non-hydrogen) atoms. The number of benzene rings is 1. The first-order valence-electron chi connectivity index (χ1n) is 6.83. The van der Waals surface area contributed by atoms with E-state index in [0.717, 1.165) is 0 Å². The summed E-state index contributed by atoms with van der Waals surface area (Å²) in [5, 5.41) is 3.04. The molecule has 2 heterocycles. The zero-order chi connectivity index (χ0) is 17.3. The molecule has 0 aliphatic carbocycles. The van der Waals surface area contributed by atoms with Gasteiger partial charge in [0.1, 0.15) is 17.0 Å². The lowest BCUT2D eigenvalue weighted by Crippen LogP contribution is -2.06. The second-order valence-electron chi connectivity index (χ2n) is 4.85. The van der Waals surface area contributed by atoms with Crippen molar-refractivity contribution < 1.29 is 22.6 Å². The Bertz CT molecular complexity index is 860. The minimum absolute atomic E-state index is 0.000504. The Morgan fingerprint density at radius 2 is 1.75 bits per heavy atom. The van der Waals surface area contributed by atoms with Gasteiger partial charge in [-0.3, -0.25) is 0 Å². The number of imidazole rings is 1. The molecule has 0 fully saturated rings. The van der Waals surface area contributed by atoms with Gasteiger partial charge in [-0.1, -0.05) is 0 Å². The van der Waals surface area contributed by atoms with Gasteiger partial charge in [-0.2, -0.15) is 18.2 Å². The number of halogens is 3. The van der Waals surface area contributed by atoms with Crippen LogP contribution in [0.2, 0.25) is 0 Å². The zero-order valence-electron chi connectivity index (χ0n) is 12.7. The average Bonchev–Trinajstić information content (AvgIpc) is 2.98. The first-order valence-corrected chi connectivity index (χ1v) is 6.83. The molecule has 6 nitrogen and oxygen atoms in total. The van der Waals surface area contributed by atoms with E-state index in [1.165, 1.54) is 13.2 Å². The molecule has 9 heteroatoms. The summed E-state index contributed by atoms with van der Waals surface area (Å²) < 4.78 is 48.5. The second kappa shape index (κ2) is 5.91. The van der Waals surface area contributed by atoms with E-state index in [-0.39, 0.29) is 17.0 Å². The Morgan fingerprint density at radius 3 is 2.33 bits per heavy atom. The number of methoxy groups -OCH3 is 2. The number of hydrogen-bond acceptors (Lipinski definition) is 5. The molecule has 3 aromatic rings. The Labute approximate surface area is 134 Å². The Morgan fingerprint density at radius 1 is 1.04 bits per heavy atom. The van der Waals surface area contributed by atoms with Crippen LogP contribution in [0.25, 0.3) is 11.2 Å². The van der Waals surface area contributed by atoms with E-state index < -0.39 is 12.0 Å². The van der Waals surface area contributed by atoms with Gasteiger partial charge in [0.2, 0.25) is 11.7 Å². The number of anilines is 2. The predicted octanol–water partition coefficient (Wildman–Crippen LogP) is 3.74. The molecule has 0 radical (unpaired) electrons. The average molecular weight is 338 g/mol. The third-order valence-corrected chi connectivity index (χ3v) is 3.27. The fourth-order valence-corrected chi connectivity index (χ4v) is 2.13. The third kappa shape index (κ3) is 3.05. The Kier molecular flexibility index (Phi) is 3.92. The van der Waals surface area contributed by atoms with Gasteiger partial charge in [-0.25, -0.2) is 4.98 Å². The van der Waals surface area contributed by atoms with E-state index in [0.29, 0.717) is 17.1 Å². The number of aromatic amines is 1. The normalized spacial score (nSPS) is 11.5. The van der Waals surface area contributed by atoms with Gasteiger partial charge in [-0.15, -0.1) is 0 Å². The summed E-state index contributed by atoms with van der Waals surface area (Å²) in [6, 6.07) is 8.45. The lowest BCUT2D eigenvalue weighted by Gasteiger charge is -2.10. The lowest BCUT2D eigenvalue weighted by atomic mass is 10.3. The van der Waals surface area contributed by atoms with Crippen LogP contribution in [0.15, 0.2) is 30.3 Å². The number of nitrogens with one attached hydrogen (secondary N) is 2. The van der Waals surface area contributed by atoms with Gasteiger partial charge in [0.15, 0.2) is 5.65 Å². The van der Waals surface area contributed by atoms with Crippen LogP contribution in [0.3, 0.4) is 0 Å². The molecule has 0 aliphatic rings. The van der Waals surface area contributed by atoms with Crippen molar-refractivity contribution in [2.24, 2.45) is 0 Å². The maximum absolute atomic E-state index is 12.7. The molecule has 0 amide bonds. The van der Waals surface area contributed by atoms with Crippen LogP contribution in [0, 0.1) is 0 Å². The molecule has 0 saturated heterocycles. The molecular formula is C15H13F3N4O2. The largest absolute Gasteiger partial charge is 0.497 e. The summed E-state index contributed by atoms with van der Waals surface area (Å²) in [5.74, 6) is -0.271. The molecule has 3 rings (SSSR count). The highest BCUT2D eigenvalue weighted by molar-refractivity contribution is 5.80. The molecule has 0 bridgehead atoms. The summed E-state index contributed by atoms with van der Waals surface area (Å²) in [7, 11) is 2.94. The molecule has 126 valence electrons. The van der Waals surface area contributed by atoms with E-state index in [1.807, 2.05) is 0 Å². The minimum atomic E-state index is -4.57. The fourth-order valence-electron chi connectivity index (χ4n) is 2.13. The molecule has 2 N–H and O–H groups in total. The van der Waals surface area contributed by atoms with Crippen LogP contribution in [-0.2, 0) is 6.18 Å². The van der Waals surface area contributed by atoms with Gasteiger partial charge in [0.05, 0.1) is 14.2 Å². The smallest absolute Gasteiger partial charge is 0.449 e. The molecule has 0 unspecified atom stereocenters. The van der Waals surface area contributed by atoms with E-state index in [9.17, 15) is 13.2 Å². The number of nitrogens with zero attached hydrogens (tertiary/aromatic N) is 2. The molecular weight excluding hydrogens is 325 g/mol. The maximum atomic E-state index is 12.7. The summed E-state index contributed by atoms with van der Waals surface area (Å²) in [4.78, 5) is 9.71. The van der Waals surface area contributed by atoms with E-state index in [4.69, 9.17) is 9.47 Å². The van der Waals surface area contributed by atoms with Gasteiger partial charge in [0, 0.05) is 5.69 Å². The van der Waals surface area contributed by atoms with Crippen LogP contribution in [0.1, 0.15) is 5.82 Å². The van der Waals surface area contributed by atoms with Gasteiger partial charge in [0.25, 0.3) is 0 Å². The van der Waals surface area contributed by atoms with Crippen molar-refractivity contribution in [2.45, 2.75) is 6.18 Å². The summed E-state index contributed by atoms with van der Waals surface area (Å²) >= 11 is 0. The fraction of sp³-hybridized carbons (Fsp3) is 0.200. The number of hydrogen-bond donors (Lipinski definition) is 2. The van der Waals surface area contributed by atoms with Gasteiger partial charge < -0.3 is 19.8 Å². The van der Waals surface area contributed by atoms with Crippen molar-refractivity contribution in [3.63, 3.8) is 0 Å². The van der Waals surface area contributed by atoms with Crippen molar-refractivity contribution in [1.29, 1.82) is 0 Å². The molecule has 2 aromatic heterocycles. The third-order valence-electron chi connectivity index (χ3n) is 3.27. The number of pyridine rings is 1. The number of aromatic nitrogens is 3. The Hall–Kier alpha value is -2.97. The quantitative estimate of drug-likeness (QED) is 0.758. The van der Waals surface area contributed by atoms with E-state index in [2.05, 4.69) is 20.3 Å². The lowest BCUT2D eigenvalue weighted by molar-refractivity contribution is -0.144. The molecule has 0 spiro atoms.